The van der Waals surface area contributed by atoms with E-state index in [0.717, 1.165) is 22.9 Å². The number of nitrogens with one attached hydrogen (secondary N) is 1. The first-order valence-corrected chi connectivity index (χ1v) is 11.1. The molecule has 2 fully saturated rings. The van der Waals surface area contributed by atoms with E-state index in [4.69, 9.17) is 21.7 Å². The van der Waals surface area contributed by atoms with Gasteiger partial charge in [0.2, 0.25) is 6.79 Å². The number of thiocarbonyl (C=S) groups is 1. The van der Waals surface area contributed by atoms with Gasteiger partial charge in [-0.05, 0) is 74.8 Å². The Labute approximate surface area is 186 Å². The number of nitrogens with zero attached hydrogens (tertiary/aromatic N) is 3. The number of rotatable bonds is 4. The Hall–Kier alpha value is -3.06. The molecule has 2 atom stereocenters. The molecule has 0 radical (unpaired) electrons. The van der Waals surface area contributed by atoms with Crippen molar-refractivity contribution in [3.05, 3.63) is 71.3 Å². The molecule has 1 saturated heterocycles. The van der Waals surface area contributed by atoms with E-state index in [-0.39, 0.29) is 18.9 Å². The predicted molar refractivity (Wildman–Crippen MR) is 123 cm³/mol. The van der Waals surface area contributed by atoms with Crippen LogP contribution in [0.3, 0.4) is 0 Å². The lowest BCUT2D eigenvalue weighted by atomic mass is 9.96. The van der Waals surface area contributed by atoms with Crippen molar-refractivity contribution in [2.24, 2.45) is 0 Å². The monoisotopic (exact) mass is 432 g/mol. The van der Waals surface area contributed by atoms with Gasteiger partial charge in [0.1, 0.15) is 0 Å². The van der Waals surface area contributed by atoms with Crippen molar-refractivity contribution in [1.82, 2.24) is 14.9 Å². The van der Waals surface area contributed by atoms with Crippen LogP contribution in [0.4, 0.5) is 5.69 Å². The number of anilines is 1. The Morgan fingerprint density at radius 3 is 2.68 bits per heavy atom. The van der Waals surface area contributed by atoms with Gasteiger partial charge in [-0.3, -0.25) is 4.98 Å². The molecule has 6 rings (SSSR count). The van der Waals surface area contributed by atoms with Crippen LogP contribution in [0.25, 0.3) is 0 Å². The third-order valence-corrected chi connectivity index (χ3v) is 6.80. The molecule has 2 aromatic heterocycles. The van der Waals surface area contributed by atoms with Gasteiger partial charge in [0.15, 0.2) is 16.6 Å². The molecule has 0 bridgehead atoms. The molecule has 0 spiro atoms. The molecule has 1 saturated carbocycles. The second kappa shape index (κ2) is 6.99. The molecule has 3 aromatic rings. The van der Waals surface area contributed by atoms with Crippen molar-refractivity contribution in [2.75, 3.05) is 11.7 Å². The quantitative estimate of drug-likeness (QED) is 0.601. The number of pyridine rings is 1. The zero-order valence-corrected chi connectivity index (χ0v) is 18.4. The number of hydrogen-bond acceptors (Lipinski definition) is 4. The Bertz CT molecular complexity index is 1170. The zero-order chi connectivity index (χ0) is 21.1. The van der Waals surface area contributed by atoms with E-state index in [9.17, 15) is 0 Å². The molecule has 2 aliphatic heterocycles. The summed E-state index contributed by atoms with van der Waals surface area (Å²) in [4.78, 5) is 6.87. The fraction of sp³-hybridized carbons (Fsp3) is 0.333. The minimum atomic E-state index is -0.0488. The normalized spacial score (nSPS) is 22.1. The van der Waals surface area contributed by atoms with Crippen LogP contribution in [0.1, 0.15) is 53.6 Å². The zero-order valence-electron chi connectivity index (χ0n) is 17.5. The van der Waals surface area contributed by atoms with E-state index < -0.39 is 0 Å². The van der Waals surface area contributed by atoms with E-state index >= 15 is 0 Å². The lowest BCUT2D eigenvalue weighted by Crippen LogP contribution is -2.29. The van der Waals surface area contributed by atoms with Gasteiger partial charge in [-0.15, -0.1) is 0 Å². The number of fused-ring (bicyclic) bond motifs is 1. The van der Waals surface area contributed by atoms with Crippen molar-refractivity contribution in [1.29, 1.82) is 0 Å². The van der Waals surface area contributed by atoms with Crippen LogP contribution in [-0.2, 0) is 0 Å². The number of hydrogen-bond donors (Lipinski definition) is 1. The van der Waals surface area contributed by atoms with Crippen molar-refractivity contribution >= 4 is 23.0 Å². The predicted octanol–water partition coefficient (Wildman–Crippen LogP) is 4.74. The molecule has 158 valence electrons. The highest BCUT2D eigenvalue weighted by Gasteiger charge is 2.43. The Morgan fingerprint density at radius 1 is 1.06 bits per heavy atom. The molecule has 31 heavy (non-hydrogen) atoms. The summed E-state index contributed by atoms with van der Waals surface area (Å²) in [7, 11) is 0. The average Bonchev–Trinajstić information content (AvgIpc) is 3.27. The molecule has 4 heterocycles. The smallest absolute Gasteiger partial charge is 0.231 e. The lowest BCUT2D eigenvalue weighted by molar-refractivity contribution is 0.174. The summed E-state index contributed by atoms with van der Waals surface area (Å²) in [6.07, 6.45) is 4.35. The van der Waals surface area contributed by atoms with Gasteiger partial charge in [-0.2, -0.15) is 0 Å². The Morgan fingerprint density at radius 2 is 1.90 bits per heavy atom. The number of aryl methyl sites for hydroxylation is 1. The fourth-order valence-corrected chi connectivity index (χ4v) is 5.33. The van der Waals surface area contributed by atoms with Gasteiger partial charge in [-0.25, -0.2) is 0 Å². The first-order chi connectivity index (χ1) is 15.1. The van der Waals surface area contributed by atoms with Crippen molar-refractivity contribution < 1.29 is 9.47 Å². The van der Waals surface area contributed by atoms with E-state index in [2.05, 4.69) is 51.8 Å². The maximum atomic E-state index is 5.86. The summed E-state index contributed by atoms with van der Waals surface area (Å²) in [6.45, 7) is 4.69. The number of ether oxygens (including phenoxy) is 2. The van der Waals surface area contributed by atoms with Crippen LogP contribution in [0.15, 0.2) is 48.7 Å². The number of benzene rings is 1. The summed E-state index contributed by atoms with van der Waals surface area (Å²) in [5.41, 5.74) is 5.86. The molecule has 1 aliphatic carbocycles. The maximum Gasteiger partial charge on any atom is 0.231 e. The van der Waals surface area contributed by atoms with E-state index in [1.807, 2.05) is 30.5 Å². The summed E-state index contributed by atoms with van der Waals surface area (Å²) < 4.78 is 13.6. The van der Waals surface area contributed by atoms with Crippen molar-refractivity contribution in [3.8, 4) is 11.5 Å². The molecule has 2 unspecified atom stereocenters. The molecule has 3 aliphatic rings. The minimum absolute atomic E-state index is 0.0125. The third kappa shape index (κ3) is 2.98. The molecule has 1 aromatic carbocycles. The average molecular weight is 433 g/mol. The standard InChI is InChI=1S/C24H24N4O2S/c1-14-11-18(15(2)27(14)16-6-7-16)23-22(19-5-3-4-10-25-19)26-24(31)28(23)17-8-9-20-21(12-17)30-13-29-20/h3-5,8-12,16,22-23H,6-7,13H2,1-2H3,(H,26,31). The van der Waals surface area contributed by atoms with Gasteiger partial charge >= 0.3 is 0 Å². The first kappa shape index (κ1) is 18.7. The highest BCUT2D eigenvalue weighted by molar-refractivity contribution is 7.80. The fourth-order valence-electron chi connectivity index (χ4n) is 4.98. The second-order valence-corrected chi connectivity index (χ2v) is 8.85. The van der Waals surface area contributed by atoms with E-state index in [1.54, 1.807) is 0 Å². The molecule has 6 nitrogen and oxygen atoms in total. The summed E-state index contributed by atoms with van der Waals surface area (Å²) in [6, 6.07) is 15.0. The maximum absolute atomic E-state index is 5.86. The van der Waals surface area contributed by atoms with Gasteiger partial charge in [-0.1, -0.05) is 6.07 Å². The van der Waals surface area contributed by atoms with E-state index in [0.29, 0.717) is 11.2 Å². The molecule has 0 amide bonds. The van der Waals surface area contributed by atoms with Crippen LogP contribution in [-0.4, -0.2) is 21.5 Å². The van der Waals surface area contributed by atoms with Crippen LogP contribution in [0.2, 0.25) is 0 Å². The van der Waals surface area contributed by atoms with Crippen LogP contribution >= 0.6 is 12.2 Å². The van der Waals surface area contributed by atoms with Gasteiger partial charge < -0.3 is 24.3 Å². The van der Waals surface area contributed by atoms with Gasteiger partial charge in [0.05, 0.1) is 17.8 Å². The lowest BCUT2D eigenvalue weighted by Gasteiger charge is -2.28. The van der Waals surface area contributed by atoms with Crippen LogP contribution in [0.5, 0.6) is 11.5 Å². The topological polar surface area (TPSA) is 51.6 Å². The largest absolute Gasteiger partial charge is 0.454 e. The van der Waals surface area contributed by atoms with Crippen molar-refractivity contribution in [3.63, 3.8) is 0 Å². The Balaban J connectivity index is 1.50. The highest BCUT2D eigenvalue weighted by Crippen LogP contribution is 2.47. The van der Waals surface area contributed by atoms with Gasteiger partial charge in [0, 0.05) is 35.4 Å². The number of aromatic nitrogens is 2. The molecule has 7 heteroatoms. The Kier molecular flexibility index (Phi) is 4.21. The SMILES string of the molecule is Cc1cc(C2C(c3ccccn3)NC(=S)N2c2ccc3c(c2)OCO3)c(C)n1C1CC1. The van der Waals surface area contributed by atoms with E-state index in [1.165, 1.54) is 29.8 Å². The minimum Gasteiger partial charge on any atom is -0.454 e. The highest BCUT2D eigenvalue weighted by atomic mass is 32.1. The van der Waals surface area contributed by atoms with Crippen LogP contribution < -0.4 is 19.7 Å². The summed E-state index contributed by atoms with van der Waals surface area (Å²) >= 11 is 5.86. The van der Waals surface area contributed by atoms with Gasteiger partial charge in [0.25, 0.3) is 0 Å². The summed E-state index contributed by atoms with van der Waals surface area (Å²) in [5, 5.41) is 4.24. The van der Waals surface area contributed by atoms with Crippen molar-refractivity contribution in [2.45, 2.75) is 44.8 Å². The molecular weight excluding hydrogens is 408 g/mol. The second-order valence-electron chi connectivity index (χ2n) is 8.46. The molecular formula is C24H24N4O2S. The van der Waals surface area contributed by atoms with Crippen LogP contribution in [0, 0.1) is 13.8 Å². The third-order valence-electron chi connectivity index (χ3n) is 6.49. The molecule has 1 N–H and O–H groups in total. The summed E-state index contributed by atoms with van der Waals surface area (Å²) in [5.74, 6) is 1.52. The first-order valence-electron chi connectivity index (χ1n) is 10.7.